The van der Waals surface area contributed by atoms with Crippen molar-refractivity contribution < 1.29 is 17.9 Å². The van der Waals surface area contributed by atoms with Crippen LogP contribution in [0.3, 0.4) is 0 Å². The number of sulfonamides is 1. The van der Waals surface area contributed by atoms with Crippen LogP contribution in [-0.2, 0) is 14.8 Å². The molecule has 1 heterocycles. The first kappa shape index (κ1) is 21.0. The molecule has 0 fully saturated rings. The van der Waals surface area contributed by atoms with Gasteiger partial charge in [0.2, 0.25) is 5.91 Å². The molecule has 7 heteroatoms. The normalized spacial score (nSPS) is 13.8. The highest BCUT2D eigenvalue weighted by Crippen LogP contribution is 2.42. The van der Waals surface area contributed by atoms with Crippen molar-refractivity contribution in [2.75, 3.05) is 16.2 Å². The minimum atomic E-state index is -3.60. The Morgan fingerprint density at radius 1 is 0.818 bits per heavy atom. The van der Waals surface area contributed by atoms with E-state index in [1.807, 2.05) is 54.6 Å². The van der Waals surface area contributed by atoms with Crippen molar-refractivity contribution in [2.45, 2.75) is 17.7 Å². The molecule has 0 atom stereocenters. The van der Waals surface area contributed by atoms with Crippen molar-refractivity contribution in [1.29, 1.82) is 0 Å². The predicted molar refractivity (Wildman–Crippen MR) is 129 cm³/mol. The highest BCUT2D eigenvalue weighted by atomic mass is 32.2. The van der Waals surface area contributed by atoms with Gasteiger partial charge in [0.15, 0.2) is 0 Å². The predicted octanol–water partition coefficient (Wildman–Crippen LogP) is 5.56. The quantitative estimate of drug-likeness (QED) is 0.393. The Hall–Kier alpha value is -3.84. The van der Waals surface area contributed by atoms with Crippen molar-refractivity contribution in [1.82, 2.24) is 0 Å². The molecule has 1 N–H and O–H groups in total. The summed E-state index contributed by atoms with van der Waals surface area (Å²) in [5.41, 5.74) is 1.34. The summed E-state index contributed by atoms with van der Waals surface area (Å²) in [5.74, 6) is 1.25. The number of carbonyl (C=O) groups excluding carboxylic acids is 1. The van der Waals surface area contributed by atoms with Crippen LogP contribution in [0.1, 0.15) is 12.8 Å². The highest BCUT2D eigenvalue weighted by Gasteiger charge is 2.35. The number of carbonyl (C=O) groups is 1. The molecule has 0 saturated carbocycles. The number of benzene rings is 4. The van der Waals surface area contributed by atoms with Crippen molar-refractivity contribution >= 4 is 38.1 Å². The number of anilines is 2. The van der Waals surface area contributed by atoms with Crippen LogP contribution in [-0.4, -0.2) is 20.9 Å². The molecule has 0 aromatic heterocycles. The fraction of sp³-hybridized carbons (Fsp3) is 0.115. The average Bonchev–Trinajstić information content (AvgIpc) is 3.04. The van der Waals surface area contributed by atoms with Crippen molar-refractivity contribution in [3.63, 3.8) is 0 Å². The van der Waals surface area contributed by atoms with Crippen LogP contribution < -0.4 is 14.4 Å². The zero-order valence-electron chi connectivity index (χ0n) is 17.8. The minimum absolute atomic E-state index is 0.168. The lowest BCUT2D eigenvalue weighted by atomic mass is 10.1. The van der Waals surface area contributed by atoms with E-state index in [0.29, 0.717) is 28.4 Å². The Bertz CT molecular complexity index is 1410. The molecule has 5 rings (SSSR count). The molecule has 0 unspecified atom stereocenters. The molecule has 1 aliphatic rings. The second kappa shape index (κ2) is 8.60. The van der Waals surface area contributed by atoms with E-state index in [1.165, 1.54) is 4.31 Å². The van der Waals surface area contributed by atoms with Gasteiger partial charge in [-0.05, 0) is 60.3 Å². The molecule has 166 valence electrons. The van der Waals surface area contributed by atoms with Crippen molar-refractivity contribution in [3.8, 4) is 11.5 Å². The molecule has 1 aliphatic heterocycles. The van der Waals surface area contributed by atoms with E-state index in [4.69, 9.17) is 4.74 Å². The van der Waals surface area contributed by atoms with Gasteiger partial charge in [-0.15, -0.1) is 0 Å². The van der Waals surface area contributed by atoms with Crippen molar-refractivity contribution in [2.24, 2.45) is 0 Å². The monoisotopic (exact) mass is 458 g/mol. The minimum Gasteiger partial charge on any atom is -0.457 e. The van der Waals surface area contributed by atoms with E-state index in [1.54, 1.807) is 36.4 Å². The zero-order valence-corrected chi connectivity index (χ0v) is 18.6. The number of para-hydroxylation sites is 1. The van der Waals surface area contributed by atoms with Gasteiger partial charge in [0, 0.05) is 24.0 Å². The lowest BCUT2D eigenvalue weighted by molar-refractivity contribution is -0.116. The van der Waals surface area contributed by atoms with Gasteiger partial charge in [-0.1, -0.05) is 42.5 Å². The van der Waals surface area contributed by atoms with Crippen LogP contribution in [0.15, 0.2) is 95.9 Å². The molecule has 4 aromatic rings. The Morgan fingerprint density at radius 3 is 2.27 bits per heavy atom. The van der Waals surface area contributed by atoms with Crippen LogP contribution in [0.5, 0.6) is 11.5 Å². The second-order valence-corrected chi connectivity index (χ2v) is 9.63. The summed E-state index contributed by atoms with van der Waals surface area (Å²) < 4.78 is 33.2. The maximum absolute atomic E-state index is 13.0. The third kappa shape index (κ3) is 4.15. The number of rotatable bonds is 7. The van der Waals surface area contributed by atoms with E-state index in [2.05, 4.69) is 5.32 Å². The van der Waals surface area contributed by atoms with E-state index in [9.17, 15) is 13.2 Å². The maximum atomic E-state index is 13.0. The molecule has 0 bridgehead atoms. The van der Waals surface area contributed by atoms with Crippen LogP contribution in [0, 0.1) is 0 Å². The van der Waals surface area contributed by atoms with Gasteiger partial charge >= 0.3 is 0 Å². The number of ether oxygens (including phenoxy) is 1. The summed E-state index contributed by atoms with van der Waals surface area (Å²) in [6.07, 6.45) is 0.616. The van der Waals surface area contributed by atoms with Gasteiger partial charge in [0.05, 0.1) is 10.6 Å². The van der Waals surface area contributed by atoms with Crippen molar-refractivity contribution in [3.05, 3.63) is 91.0 Å². The van der Waals surface area contributed by atoms with E-state index in [0.717, 1.165) is 16.5 Å². The second-order valence-electron chi connectivity index (χ2n) is 7.80. The number of amides is 1. The molecule has 0 spiro atoms. The number of hydrogen-bond acceptors (Lipinski definition) is 4. The molecule has 0 saturated heterocycles. The standard InChI is InChI=1S/C26H22N2O4S/c29-25(27-20-14-16-22(17-15-20)32-21-9-2-1-3-10-21)13-6-18-28-23-11-4-7-19-8-5-12-24(26(19)23)33(28,30)31/h1-5,7-12,14-17H,6,13,18H2,(H,27,29). The highest BCUT2D eigenvalue weighted by molar-refractivity contribution is 7.93. The molecular weight excluding hydrogens is 436 g/mol. The topological polar surface area (TPSA) is 75.7 Å². The summed E-state index contributed by atoms with van der Waals surface area (Å²) in [7, 11) is -3.60. The molecule has 0 radical (unpaired) electrons. The molecule has 4 aromatic carbocycles. The first-order valence-electron chi connectivity index (χ1n) is 10.7. The van der Waals surface area contributed by atoms with Crippen LogP contribution >= 0.6 is 0 Å². The molecule has 0 aliphatic carbocycles. The molecular formula is C26H22N2O4S. The third-order valence-electron chi connectivity index (χ3n) is 5.56. The third-order valence-corrected chi connectivity index (χ3v) is 7.42. The van der Waals surface area contributed by atoms with Gasteiger partial charge in [-0.25, -0.2) is 8.42 Å². The first-order valence-corrected chi connectivity index (χ1v) is 12.1. The molecule has 33 heavy (non-hydrogen) atoms. The first-order chi connectivity index (χ1) is 16.0. The summed E-state index contributed by atoms with van der Waals surface area (Å²) in [6, 6.07) is 27.5. The zero-order chi connectivity index (χ0) is 22.8. The maximum Gasteiger partial charge on any atom is 0.265 e. The molecule has 6 nitrogen and oxygen atoms in total. The number of hydrogen-bond donors (Lipinski definition) is 1. The Labute approximate surface area is 192 Å². The Kier molecular flexibility index (Phi) is 5.48. The van der Waals surface area contributed by atoms with Gasteiger partial charge in [0.25, 0.3) is 10.0 Å². The van der Waals surface area contributed by atoms with Gasteiger partial charge in [0.1, 0.15) is 11.5 Å². The Morgan fingerprint density at radius 2 is 1.52 bits per heavy atom. The van der Waals surface area contributed by atoms with Crippen LogP contribution in [0.4, 0.5) is 11.4 Å². The Balaban J connectivity index is 1.18. The number of nitrogens with zero attached hydrogens (tertiary/aromatic N) is 1. The fourth-order valence-corrected chi connectivity index (χ4v) is 5.79. The van der Waals surface area contributed by atoms with Gasteiger partial charge in [-0.2, -0.15) is 0 Å². The average molecular weight is 459 g/mol. The van der Waals surface area contributed by atoms with E-state index >= 15 is 0 Å². The summed E-state index contributed by atoms with van der Waals surface area (Å²) >= 11 is 0. The van der Waals surface area contributed by atoms with Crippen LogP contribution in [0.2, 0.25) is 0 Å². The van der Waals surface area contributed by atoms with Crippen LogP contribution in [0.25, 0.3) is 10.8 Å². The number of nitrogens with one attached hydrogen (secondary N) is 1. The largest absolute Gasteiger partial charge is 0.457 e. The SMILES string of the molecule is O=C(CCCN1c2cccc3cccc(c23)S1(=O)=O)Nc1ccc(Oc2ccccc2)cc1. The van der Waals surface area contributed by atoms with Gasteiger partial charge < -0.3 is 10.1 Å². The smallest absolute Gasteiger partial charge is 0.265 e. The lowest BCUT2D eigenvalue weighted by Gasteiger charge is -2.18. The summed E-state index contributed by atoms with van der Waals surface area (Å²) in [4.78, 5) is 12.8. The van der Waals surface area contributed by atoms with Gasteiger partial charge in [-0.3, -0.25) is 9.10 Å². The van der Waals surface area contributed by atoms with E-state index in [-0.39, 0.29) is 18.9 Å². The lowest BCUT2D eigenvalue weighted by Crippen LogP contribution is -2.28. The summed E-state index contributed by atoms with van der Waals surface area (Å²) in [5, 5.41) is 4.50. The summed E-state index contributed by atoms with van der Waals surface area (Å²) in [6.45, 7) is 0.243. The molecule has 1 amide bonds. The van der Waals surface area contributed by atoms with E-state index < -0.39 is 10.0 Å². The fourth-order valence-electron chi connectivity index (χ4n) is 4.04.